The lowest BCUT2D eigenvalue weighted by Gasteiger charge is -2.13. The van der Waals surface area contributed by atoms with Crippen LogP contribution in [0, 0.1) is 0 Å². The molecule has 0 saturated heterocycles. The highest BCUT2D eigenvalue weighted by Gasteiger charge is 2.27. The lowest BCUT2D eigenvalue weighted by Crippen LogP contribution is -2.06. The van der Waals surface area contributed by atoms with Gasteiger partial charge in [-0.15, -0.1) is 5.10 Å². The summed E-state index contributed by atoms with van der Waals surface area (Å²) in [5.41, 5.74) is 1.45. The minimum Gasteiger partial charge on any atom is -0.495 e. The molecule has 2 aromatic heterocycles. The first kappa shape index (κ1) is 20.2. The van der Waals surface area contributed by atoms with Crippen molar-refractivity contribution in [3.8, 4) is 5.75 Å². The van der Waals surface area contributed by atoms with Crippen LogP contribution in [0.4, 0.5) is 11.5 Å². The molecule has 0 amide bonds. The topological polar surface area (TPSA) is 98.5 Å². The van der Waals surface area contributed by atoms with Crippen LogP contribution in [0.5, 0.6) is 5.75 Å². The van der Waals surface area contributed by atoms with Crippen molar-refractivity contribution < 1.29 is 13.2 Å². The SMILES string of the molecule is COc1ccccc1Nc1nc2c(S(=O)(=O)c3ccc(Cl)cc3)nnn2c2ccccc12. The number of nitrogens with zero attached hydrogens (tertiary/aromatic N) is 4. The molecule has 0 atom stereocenters. The summed E-state index contributed by atoms with van der Waals surface area (Å²) in [6, 6.07) is 20.7. The quantitative estimate of drug-likeness (QED) is 0.407. The van der Waals surface area contributed by atoms with Gasteiger partial charge in [-0.25, -0.2) is 13.4 Å². The van der Waals surface area contributed by atoms with E-state index in [1.165, 1.54) is 28.8 Å². The second-order valence-electron chi connectivity index (χ2n) is 6.89. The Hall–Kier alpha value is -3.69. The van der Waals surface area contributed by atoms with E-state index < -0.39 is 9.84 Å². The van der Waals surface area contributed by atoms with Gasteiger partial charge in [-0.05, 0) is 48.5 Å². The van der Waals surface area contributed by atoms with Crippen molar-refractivity contribution in [3.05, 3.63) is 77.8 Å². The van der Waals surface area contributed by atoms with Crippen molar-refractivity contribution in [3.63, 3.8) is 0 Å². The van der Waals surface area contributed by atoms with Gasteiger partial charge in [-0.2, -0.15) is 4.52 Å². The molecule has 5 rings (SSSR count). The van der Waals surface area contributed by atoms with E-state index in [0.717, 1.165) is 5.39 Å². The second-order valence-corrected chi connectivity index (χ2v) is 9.19. The van der Waals surface area contributed by atoms with Crippen molar-refractivity contribution >= 4 is 49.5 Å². The third-order valence-electron chi connectivity index (χ3n) is 4.96. The minimum atomic E-state index is -3.98. The fourth-order valence-electron chi connectivity index (χ4n) is 3.42. The van der Waals surface area contributed by atoms with Crippen LogP contribution >= 0.6 is 11.6 Å². The normalized spacial score (nSPS) is 11.7. The third-order valence-corrected chi connectivity index (χ3v) is 6.88. The molecule has 0 aliphatic rings. The maximum Gasteiger partial charge on any atom is 0.229 e. The number of anilines is 2. The van der Waals surface area contributed by atoms with E-state index in [4.69, 9.17) is 16.3 Å². The van der Waals surface area contributed by atoms with Crippen molar-refractivity contribution in [2.75, 3.05) is 12.4 Å². The second kappa shape index (κ2) is 7.77. The van der Waals surface area contributed by atoms with E-state index >= 15 is 0 Å². The molecular formula is C22H16ClN5O3S. The maximum absolute atomic E-state index is 13.3. The van der Waals surface area contributed by atoms with Gasteiger partial charge in [0.25, 0.3) is 0 Å². The number of aromatic nitrogens is 4. The van der Waals surface area contributed by atoms with E-state index in [9.17, 15) is 8.42 Å². The molecular weight excluding hydrogens is 450 g/mol. The minimum absolute atomic E-state index is 0.0542. The Morgan fingerprint density at radius 2 is 1.69 bits per heavy atom. The molecule has 0 aliphatic heterocycles. The van der Waals surface area contributed by atoms with Crippen LogP contribution in [0.1, 0.15) is 0 Å². The van der Waals surface area contributed by atoms with E-state index in [1.807, 2.05) is 48.5 Å². The fourth-order valence-corrected chi connectivity index (χ4v) is 4.78. The van der Waals surface area contributed by atoms with Crippen LogP contribution < -0.4 is 10.1 Å². The number of nitrogens with one attached hydrogen (secondary N) is 1. The highest BCUT2D eigenvalue weighted by molar-refractivity contribution is 7.91. The molecule has 0 bridgehead atoms. The number of methoxy groups -OCH3 is 1. The Balaban J connectivity index is 1.74. The summed E-state index contributed by atoms with van der Waals surface area (Å²) in [6.07, 6.45) is 0. The maximum atomic E-state index is 13.3. The van der Waals surface area contributed by atoms with Gasteiger partial charge in [-0.3, -0.25) is 0 Å². The van der Waals surface area contributed by atoms with Crippen LogP contribution in [0.15, 0.2) is 82.7 Å². The molecule has 160 valence electrons. The first-order chi connectivity index (χ1) is 15.5. The molecule has 0 spiro atoms. The average molecular weight is 466 g/mol. The summed E-state index contributed by atoms with van der Waals surface area (Å²) in [4.78, 5) is 4.66. The van der Waals surface area contributed by atoms with Crippen molar-refractivity contribution in [1.82, 2.24) is 19.8 Å². The summed E-state index contributed by atoms with van der Waals surface area (Å²) in [5.74, 6) is 1.08. The molecule has 2 heterocycles. The molecule has 0 unspecified atom stereocenters. The number of hydrogen-bond acceptors (Lipinski definition) is 7. The highest BCUT2D eigenvalue weighted by atomic mass is 35.5. The predicted octanol–water partition coefficient (Wildman–Crippen LogP) is 4.52. The molecule has 0 fully saturated rings. The number of sulfone groups is 1. The molecule has 0 aliphatic carbocycles. The molecule has 5 aromatic rings. The van der Waals surface area contributed by atoms with Gasteiger partial charge in [0.15, 0.2) is 5.65 Å². The summed E-state index contributed by atoms with van der Waals surface area (Å²) >= 11 is 5.91. The zero-order chi connectivity index (χ0) is 22.3. The van der Waals surface area contributed by atoms with Crippen LogP contribution in [-0.4, -0.2) is 35.3 Å². The number of para-hydroxylation sites is 3. The Labute approximate surface area is 188 Å². The molecule has 0 radical (unpaired) electrons. The van der Waals surface area contributed by atoms with Gasteiger partial charge in [0, 0.05) is 10.4 Å². The Bertz CT molecular complexity index is 1570. The lowest BCUT2D eigenvalue weighted by atomic mass is 10.2. The first-order valence-electron chi connectivity index (χ1n) is 9.54. The van der Waals surface area contributed by atoms with Crippen molar-refractivity contribution in [2.24, 2.45) is 0 Å². The van der Waals surface area contributed by atoms with Crippen LogP contribution in [0.25, 0.3) is 16.6 Å². The highest BCUT2D eigenvalue weighted by Crippen LogP contribution is 2.32. The number of fused-ring (bicyclic) bond motifs is 3. The number of ether oxygens (including phenoxy) is 1. The van der Waals surface area contributed by atoms with Crippen LogP contribution in [-0.2, 0) is 9.84 Å². The van der Waals surface area contributed by atoms with Gasteiger partial charge in [-0.1, -0.05) is 41.1 Å². The van der Waals surface area contributed by atoms with Gasteiger partial charge < -0.3 is 10.1 Å². The molecule has 1 N–H and O–H groups in total. The standard InChI is InChI=1S/C22H16ClN5O3S/c1-31-19-9-5-3-7-17(19)24-20-16-6-2-4-8-18(16)28-21(25-20)22(26-27-28)32(29,30)15-12-10-14(23)11-13-15/h2-13H,1H3,(H,24,25). The number of benzene rings is 3. The van der Waals surface area contributed by atoms with Crippen molar-refractivity contribution in [1.29, 1.82) is 0 Å². The third kappa shape index (κ3) is 3.31. The largest absolute Gasteiger partial charge is 0.495 e. The van der Waals surface area contributed by atoms with Crippen molar-refractivity contribution in [2.45, 2.75) is 9.92 Å². The summed E-state index contributed by atoms with van der Waals surface area (Å²) in [6.45, 7) is 0. The van der Waals surface area contributed by atoms with E-state index in [0.29, 0.717) is 27.8 Å². The zero-order valence-corrected chi connectivity index (χ0v) is 18.3. The smallest absolute Gasteiger partial charge is 0.229 e. The Kier molecular flexibility index (Phi) is 4.91. The molecule has 10 heteroatoms. The molecule has 32 heavy (non-hydrogen) atoms. The van der Waals surface area contributed by atoms with Gasteiger partial charge in [0.2, 0.25) is 14.9 Å². The Morgan fingerprint density at radius 1 is 0.969 bits per heavy atom. The van der Waals surface area contributed by atoms with Crippen LogP contribution in [0.2, 0.25) is 5.02 Å². The van der Waals surface area contributed by atoms with Crippen LogP contribution in [0.3, 0.4) is 0 Å². The number of hydrogen-bond donors (Lipinski definition) is 1. The number of halogens is 1. The lowest BCUT2D eigenvalue weighted by molar-refractivity contribution is 0.417. The zero-order valence-electron chi connectivity index (χ0n) is 16.7. The monoisotopic (exact) mass is 465 g/mol. The average Bonchev–Trinajstić information content (AvgIpc) is 3.25. The summed E-state index contributed by atoms with van der Waals surface area (Å²) in [7, 11) is -2.40. The fraction of sp³-hybridized carbons (Fsp3) is 0.0455. The first-order valence-corrected chi connectivity index (χ1v) is 11.4. The molecule has 0 saturated carbocycles. The van der Waals surface area contributed by atoms with Gasteiger partial charge in [0.05, 0.1) is 23.2 Å². The van der Waals surface area contributed by atoms with Gasteiger partial charge in [0.1, 0.15) is 11.6 Å². The molecule has 8 nitrogen and oxygen atoms in total. The van der Waals surface area contributed by atoms with E-state index in [-0.39, 0.29) is 15.6 Å². The molecule has 3 aromatic carbocycles. The van der Waals surface area contributed by atoms with E-state index in [2.05, 4.69) is 20.6 Å². The van der Waals surface area contributed by atoms with Gasteiger partial charge >= 0.3 is 0 Å². The summed E-state index contributed by atoms with van der Waals surface area (Å²) in [5, 5.41) is 12.3. The Morgan fingerprint density at radius 3 is 2.47 bits per heavy atom. The number of rotatable bonds is 5. The summed E-state index contributed by atoms with van der Waals surface area (Å²) < 4.78 is 33.4. The van der Waals surface area contributed by atoms with E-state index in [1.54, 1.807) is 7.11 Å². The predicted molar refractivity (Wildman–Crippen MR) is 121 cm³/mol.